The number of nitrogens with one attached hydrogen (secondary N) is 1. The fourth-order valence-corrected chi connectivity index (χ4v) is 4.48. The first-order valence-electron chi connectivity index (χ1n) is 11.5. The van der Waals surface area contributed by atoms with E-state index in [1.165, 1.54) is 11.0 Å². The molecule has 10 heteroatoms. The second kappa shape index (κ2) is 10.2. The lowest BCUT2D eigenvalue weighted by atomic mass is 9.88. The predicted molar refractivity (Wildman–Crippen MR) is 118 cm³/mol. The van der Waals surface area contributed by atoms with Crippen LogP contribution in [0.4, 0.5) is 18.9 Å². The molecule has 3 rings (SSSR count). The zero-order valence-corrected chi connectivity index (χ0v) is 19.7. The number of fused-ring (bicyclic) bond motifs is 1. The molecule has 1 fully saturated rings. The fraction of sp³-hybridized carbons (Fsp3) is 0.625. The van der Waals surface area contributed by atoms with Crippen LogP contribution < -0.4 is 10.1 Å². The highest BCUT2D eigenvalue weighted by Gasteiger charge is 2.38. The summed E-state index contributed by atoms with van der Waals surface area (Å²) < 4.78 is 46.8. The maximum Gasteiger partial charge on any atom is 0.573 e. The van der Waals surface area contributed by atoms with Crippen molar-refractivity contribution in [1.29, 1.82) is 0 Å². The van der Waals surface area contributed by atoms with Crippen molar-refractivity contribution in [1.82, 2.24) is 4.90 Å². The highest BCUT2D eigenvalue weighted by molar-refractivity contribution is 6.38. The van der Waals surface area contributed by atoms with Gasteiger partial charge in [0.25, 0.3) is 5.91 Å². The largest absolute Gasteiger partial charge is 0.573 e. The van der Waals surface area contributed by atoms with Crippen molar-refractivity contribution in [3.8, 4) is 5.75 Å². The highest BCUT2D eigenvalue weighted by Crippen LogP contribution is 2.36. The van der Waals surface area contributed by atoms with Gasteiger partial charge in [0.05, 0.1) is 5.92 Å². The van der Waals surface area contributed by atoms with E-state index in [1.54, 1.807) is 20.8 Å². The van der Waals surface area contributed by atoms with Gasteiger partial charge in [-0.05, 0) is 51.2 Å². The third-order valence-corrected chi connectivity index (χ3v) is 5.89. The summed E-state index contributed by atoms with van der Waals surface area (Å²) in [5, 5.41) is 2.87. The highest BCUT2D eigenvalue weighted by atomic mass is 19.4. The van der Waals surface area contributed by atoms with Crippen LogP contribution in [0.25, 0.3) is 0 Å². The maximum absolute atomic E-state index is 13.2. The van der Waals surface area contributed by atoms with Crippen LogP contribution in [-0.4, -0.2) is 54.2 Å². The van der Waals surface area contributed by atoms with Gasteiger partial charge in [0.15, 0.2) is 0 Å². The molecule has 2 aliphatic rings. The maximum atomic E-state index is 13.2. The minimum atomic E-state index is -4.83. The van der Waals surface area contributed by atoms with Gasteiger partial charge in [-0.2, -0.15) is 0 Å². The van der Waals surface area contributed by atoms with Crippen molar-refractivity contribution in [2.45, 2.75) is 70.8 Å². The number of hydrogen-bond acceptors (Lipinski definition) is 6. The number of hydrogen-bond donors (Lipinski definition) is 1. The third-order valence-electron chi connectivity index (χ3n) is 5.89. The van der Waals surface area contributed by atoms with Gasteiger partial charge in [-0.25, -0.2) is 0 Å². The van der Waals surface area contributed by atoms with Gasteiger partial charge >= 0.3 is 12.3 Å². The van der Waals surface area contributed by atoms with Crippen LogP contribution in [0.2, 0.25) is 0 Å². The van der Waals surface area contributed by atoms with Gasteiger partial charge in [-0.1, -0.05) is 25.3 Å². The van der Waals surface area contributed by atoms with Crippen molar-refractivity contribution >= 4 is 23.3 Å². The molecule has 0 saturated heterocycles. The number of anilines is 1. The standard InChI is InChI=1S/C24H31F3N2O5/c1-23(2,3)34-20(30)14-29(13-15-7-5-4-6-8-15)22(32)21(31)18-12-28-19-11-16(9-10-17(18)19)33-24(25,26)27/h9-11,15,18,28H,4-8,12-14H2,1-3H3. The number of esters is 1. The van der Waals surface area contributed by atoms with Crippen LogP contribution in [-0.2, 0) is 19.1 Å². The first kappa shape index (κ1) is 25.8. The number of carbonyl (C=O) groups excluding carboxylic acids is 3. The summed E-state index contributed by atoms with van der Waals surface area (Å²) in [4.78, 5) is 40.1. The van der Waals surface area contributed by atoms with E-state index in [-0.39, 0.29) is 25.6 Å². The SMILES string of the molecule is CC(C)(C)OC(=O)CN(CC1CCCCC1)C(=O)C(=O)C1CNc2cc(OC(F)(F)F)ccc21. The number of alkyl halides is 3. The molecule has 1 N–H and O–H groups in total. The Balaban J connectivity index is 1.75. The average molecular weight is 485 g/mol. The van der Waals surface area contributed by atoms with E-state index in [1.807, 2.05) is 0 Å². The van der Waals surface area contributed by atoms with Gasteiger partial charge < -0.3 is 19.7 Å². The molecule has 1 amide bonds. The van der Waals surface area contributed by atoms with E-state index in [2.05, 4.69) is 10.1 Å². The molecule has 1 saturated carbocycles. The number of Topliss-reactive ketones (excluding diaryl/α,β-unsaturated/α-hetero) is 1. The molecule has 188 valence electrons. The van der Waals surface area contributed by atoms with E-state index in [9.17, 15) is 27.6 Å². The van der Waals surface area contributed by atoms with Crippen LogP contribution in [0.3, 0.4) is 0 Å². The quantitative estimate of drug-likeness (QED) is 0.456. The molecule has 0 aromatic heterocycles. The molecule has 1 aliphatic heterocycles. The van der Waals surface area contributed by atoms with Crippen molar-refractivity contribution in [2.24, 2.45) is 5.92 Å². The molecule has 0 spiro atoms. The van der Waals surface area contributed by atoms with Crippen LogP contribution in [0, 0.1) is 5.92 Å². The molecule has 1 heterocycles. The van der Waals surface area contributed by atoms with Crippen LogP contribution in [0.1, 0.15) is 64.4 Å². The number of ether oxygens (including phenoxy) is 2. The summed E-state index contributed by atoms with van der Waals surface area (Å²) in [6.45, 7) is 5.20. The van der Waals surface area contributed by atoms with Gasteiger partial charge in [-0.3, -0.25) is 14.4 Å². The van der Waals surface area contributed by atoms with Crippen molar-refractivity contribution in [3.05, 3.63) is 23.8 Å². The van der Waals surface area contributed by atoms with Crippen molar-refractivity contribution < 1.29 is 37.0 Å². The van der Waals surface area contributed by atoms with E-state index in [0.29, 0.717) is 11.3 Å². The first-order chi connectivity index (χ1) is 15.8. The van der Waals surface area contributed by atoms with Crippen molar-refractivity contribution in [2.75, 3.05) is 25.0 Å². The average Bonchev–Trinajstić information content (AvgIpc) is 3.13. The number of amides is 1. The molecule has 1 atom stereocenters. The van der Waals surface area contributed by atoms with E-state index < -0.39 is 41.3 Å². The summed E-state index contributed by atoms with van der Waals surface area (Å²) in [5.74, 6) is -3.17. The molecule has 0 bridgehead atoms. The van der Waals surface area contributed by atoms with Gasteiger partial charge in [-0.15, -0.1) is 13.2 Å². The van der Waals surface area contributed by atoms with Crippen molar-refractivity contribution in [3.63, 3.8) is 0 Å². The Morgan fingerprint density at radius 1 is 1.09 bits per heavy atom. The summed E-state index contributed by atoms with van der Waals surface area (Å²) in [5.41, 5.74) is -0.00726. The summed E-state index contributed by atoms with van der Waals surface area (Å²) in [7, 11) is 0. The van der Waals surface area contributed by atoms with Crippen LogP contribution >= 0.6 is 0 Å². The number of carbonyl (C=O) groups is 3. The molecular formula is C24H31F3N2O5. The minimum Gasteiger partial charge on any atom is -0.459 e. The molecule has 34 heavy (non-hydrogen) atoms. The monoisotopic (exact) mass is 484 g/mol. The lowest BCUT2D eigenvalue weighted by Gasteiger charge is -2.30. The topological polar surface area (TPSA) is 84.9 Å². The predicted octanol–water partition coefficient (Wildman–Crippen LogP) is 4.41. The Morgan fingerprint density at radius 3 is 2.38 bits per heavy atom. The molecular weight excluding hydrogens is 453 g/mol. The number of halogens is 3. The Bertz CT molecular complexity index is 920. The van der Waals surface area contributed by atoms with E-state index in [0.717, 1.165) is 44.2 Å². The third kappa shape index (κ3) is 7.11. The number of benzene rings is 1. The number of nitrogens with zero attached hydrogens (tertiary/aromatic N) is 1. The normalized spacial score (nSPS) is 18.6. The smallest absolute Gasteiger partial charge is 0.459 e. The van der Waals surface area contributed by atoms with Gasteiger partial charge in [0.1, 0.15) is 17.9 Å². The lowest BCUT2D eigenvalue weighted by Crippen LogP contribution is -2.46. The van der Waals surface area contributed by atoms with Crippen LogP contribution in [0.15, 0.2) is 18.2 Å². The molecule has 1 aromatic carbocycles. The Hall–Kier alpha value is -2.78. The Kier molecular flexibility index (Phi) is 7.77. The molecule has 1 aromatic rings. The number of ketones is 1. The Labute approximate surface area is 197 Å². The van der Waals surface area contributed by atoms with Gasteiger partial charge in [0, 0.05) is 24.8 Å². The molecule has 1 unspecified atom stereocenters. The fourth-order valence-electron chi connectivity index (χ4n) is 4.48. The van der Waals surface area contributed by atoms with E-state index >= 15 is 0 Å². The lowest BCUT2D eigenvalue weighted by molar-refractivity contribution is -0.274. The first-order valence-corrected chi connectivity index (χ1v) is 11.5. The van der Waals surface area contributed by atoms with Crippen LogP contribution in [0.5, 0.6) is 5.75 Å². The second-order valence-electron chi connectivity index (χ2n) is 9.87. The van der Waals surface area contributed by atoms with E-state index in [4.69, 9.17) is 4.74 Å². The summed E-state index contributed by atoms with van der Waals surface area (Å²) in [6.07, 6.45) is 0.203. The van der Waals surface area contributed by atoms with Gasteiger partial charge in [0.2, 0.25) is 5.78 Å². The molecule has 7 nitrogen and oxygen atoms in total. The molecule has 0 radical (unpaired) electrons. The molecule has 1 aliphatic carbocycles. The minimum absolute atomic E-state index is 0.0685. The zero-order valence-electron chi connectivity index (χ0n) is 19.7. The second-order valence-corrected chi connectivity index (χ2v) is 9.87. The zero-order chi connectivity index (χ0) is 25.1. The Morgan fingerprint density at radius 2 is 1.76 bits per heavy atom. The number of rotatable bonds is 7. The summed E-state index contributed by atoms with van der Waals surface area (Å²) in [6, 6.07) is 3.62. The summed E-state index contributed by atoms with van der Waals surface area (Å²) >= 11 is 0.